The maximum absolute atomic E-state index is 5.63. The van der Waals surface area contributed by atoms with E-state index in [1.54, 1.807) is 0 Å². The number of nitrogens with two attached hydrogens (primary N) is 1. The van der Waals surface area contributed by atoms with Gasteiger partial charge in [-0.3, -0.25) is 0 Å². The van der Waals surface area contributed by atoms with Gasteiger partial charge in [0.15, 0.2) is 0 Å². The molecule has 1 heterocycles. The van der Waals surface area contributed by atoms with Crippen LogP contribution >= 0.6 is 15.9 Å². The lowest BCUT2D eigenvalue weighted by molar-refractivity contribution is 0.258. The number of likely N-dealkylation sites (N-methyl/N-ethyl adjacent to an activating group) is 1. The molecule has 1 fully saturated rings. The highest BCUT2D eigenvalue weighted by atomic mass is 79.9. The number of benzene rings is 1. The van der Waals surface area contributed by atoms with E-state index >= 15 is 0 Å². The van der Waals surface area contributed by atoms with E-state index in [-0.39, 0.29) is 0 Å². The Kier molecular flexibility index (Phi) is 5.25. The van der Waals surface area contributed by atoms with E-state index in [9.17, 15) is 0 Å². The van der Waals surface area contributed by atoms with Gasteiger partial charge in [-0.2, -0.15) is 0 Å². The minimum absolute atomic E-state index is 0.663. The predicted molar refractivity (Wildman–Crippen MR) is 85.8 cm³/mol. The highest BCUT2D eigenvalue weighted by molar-refractivity contribution is 9.10. The molecule has 0 radical (unpaired) electrons. The van der Waals surface area contributed by atoms with Crippen molar-refractivity contribution in [2.75, 3.05) is 38.6 Å². The third-order valence-corrected chi connectivity index (χ3v) is 4.68. The smallest absolute Gasteiger partial charge is 0.0378 e. The molecule has 19 heavy (non-hydrogen) atoms. The second-order valence-corrected chi connectivity index (χ2v) is 6.37. The minimum atomic E-state index is 0.663. The minimum Gasteiger partial charge on any atom is -0.370 e. The largest absolute Gasteiger partial charge is 0.370 e. The second kappa shape index (κ2) is 6.73. The molecule has 106 valence electrons. The van der Waals surface area contributed by atoms with Gasteiger partial charge >= 0.3 is 0 Å². The van der Waals surface area contributed by atoms with Gasteiger partial charge in [-0.1, -0.05) is 22.0 Å². The van der Waals surface area contributed by atoms with Crippen LogP contribution in [0, 0.1) is 0 Å². The zero-order chi connectivity index (χ0) is 13.8. The molecule has 1 aromatic rings. The highest BCUT2D eigenvalue weighted by Crippen LogP contribution is 2.27. The fourth-order valence-corrected chi connectivity index (χ4v) is 3.27. The van der Waals surface area contributed by atoms with E-state index in [0.717, 1.165) is 19.5 Å². The topological polar surface area (TPSA) is 32.5 Å². The molecule has 0 amide bonds. The number of halogens is 1. The summed E-state index contributed by atoms with van der Waals surface area (Å²) in [5.41, 5.74) is 8.24. The summed E-state index contributed by atoms with van der Waals surface area (Å²) < 4.78 is 1.18. The fraction of sp³-hybridized carbons (Fsp3) is 0.600. The maximum Gasteiger partial charge on any atom is 0.0378 e. The maximum atomic E-state index is 5.63. The van der Waals surface area contributed by atoms with Crippen LogP contribution in [0.1, 0.15) is 18.4 Å². The summed E-state index contributed by atoms with van der Waals surface area (Å²) >= 11 is 3.67. The zero-order valence-electron chi connectivity index (χ0n) is 11.9. The number of hydrogen-bond acceptors (Lipinski definition) is 3. The highest BCUT2D eigenvalue weighted by Gasteiger charge is 2.21. The lowest BCUT2D eigenvalue weighted by Gasteiger charge is -2.37. The van der Waals surface area contributed by atoms with Crippen molar-refractivity contribution in [1.29, 1.82) is 0 Å². The molecular formula is C15H24BrN3. The molecule has 0 aromatic heterocycles. The molecule has 4 heteroatoms. The number of piperidine rings is 1. The third kappa shape index (κ3) is 3.71. The molecule has 1 aliphatic heterocycles. The van der Waals surface area contributed by atoms with Crippen molar-refractivity contribution >= 4 is 21.6 Å². The van der Waals surface area contributed by atoms with Gasteiger partial charge in [0.05, 0.1) is 0 Å². The van der Waals surface area contributed by atoms with Crippen LogP contribution in [-0.4, -0.2) is 44.7 Å². The first-order valence-corrected chi connectivity index (χ1v) is 7.81. The molecule has 0 saturated carbocycles. The van der Waals surface area contributed by atoms with Crippen molar-refractivity contribution in [2.24, 2.45) is 5.73 Å². The van der Waals surface area contributed by atoms with Gasteiger partial charge in [0.25, 0.3) is 0 Å². The Bertz CT molecular complexity index is 420. The van der Waals surface area contributed by atoms with Crippen LogP contribution in [-0.2, 0) is 6.42 Å². The van der Waals surface area contributed by atoms with E-state index in [2.05, 4.69) is 58.0 Å². The van der Waals surface area contributed by atoms with Crippen LogP contribution in [0.25, 0.3) is 0 Å². The Morgan fingerprint density at radius 1 is 1.42 bits per heavy atom. The van der Waals surface area contributed by atoms with Crippen molar-refractivity contribution in [1.82, 2.24) is 4.90 Å². The summed E-state index contributed by atoms with van der Waals surface area (Å²) in [7, 11) is 4.35. The van der Waals surface area contributed by atoms with Gasteiger partial charge in [-0.05, 0) is 57.6 Å². The van der Waals surface area contributed by atoms with Crippen molar-refractivity contribution in [3.8, 4) is 0 Å². The molecular weight excluding hydrogens is 302 g/mol. The molecule has 0 bridgehead atoms. The van der Waals surface area contributed by atoms with E-state index < -0.39 is 0 Å². The molecule has 0 spiro atoms. The van der Waals surface area contributed by atoms with Crippen molar-refractivity contribution in [3.05, 3.63) is 28.2 Å². The quantitative estimate of drug-likeness (QED) is 0.923. The summed E-state index contributed by atoms with van der Waals surface area (Å²) in [5, 5.41) is 0. The SMILES string of the molecule is CN(C)C1CCCN(c2ccc(CCN)c(Br)c2)C1. The summed E-state index contributed by atoms with van der Waals surface area (Å²) in [6.45, 7) is 2.98. The summed E-state index contributed by atoms with van der Waals surface area (Å²) in [6, 6.07) is 7.33. The Morgan fingerprint density at radius 2 is 2.21 bits per heavy atom. The molecule has 2 rings (SSSR count). The normalized spacial score (nSPS) is 20.1. The van der Waals surface area contributed by atoms with Crippen molar-refractivity contribution < 1.29 is 0 Å². The van der Waals surface area contributed by atoms with E-state index in [1.807, 2.05) is 0 Å². The lowest BCUT2D eigenvalue weighted by atomic mass is 10.0. The van der Waals surface area contributed by atoms with Gasteiger partial charge in [0.2, 0.25) is 0 Å². The average Bonchev–Trinajstić information content (AvgIpc) is 2.41. The van der Waals surface area contributed by atoms with Crippen molar-refractivity contribution in [3.63, 3.8) is 0 Å². The Morgan fingerprint density at radius 3 is 2.84 bits per heavy atom. The van der Waals surface area contributed by atoms with Gasteiger partial charge in [-0.25, -0.2) is 0 Å². The van der Waals surface area contributed by atoms with Crippen LogP contribution in [0.15, 0.2) is 22.7 Å². The Hall–Kier alpha value is -0.580. The van der Waals surface area contributed by atoms with E-state index in [0.29, 0.717) is 12.6 Å². The summed E-state index contributed by atoms with van der Waals surface area (Å²) in [6.07, 6.45) is 3.50. The predicted octanol–water partition coefficient (Wildman–Crippen LogP) is 2.48. The first-order chi connectivity index (χ1) is 9.11. The average molecular weight is 326 g/mol. The number of rotatable bonds is 4. The molecule has 1 unspecified atom stereocenters. The standard InChI is InChI=1S/C15H24BrN3/c1-18(2)14-4-3-9-19(11-14)13-6-5-12(7-8-17)15(16)10-13/h5-6,10,14H,3-4,7-9,11,17H2,1-2H3. The van der Waals surface area contributed by atoms with Crippen molar-refractivity contribution in [2.45, 2.75) is 25.3 Å². The number of anilines is 1. The van der Waals surface area contributed by atoms with Crippen LogP contribution in [0.4, 0.5) is 5.69 Å². The molecule has 1 aliphatic rings. The third-order valence-electron chi connectivity index (χ3n) is 3.94. The Balaban J connectivity index is 2.11. The van der Waals surface area contributed by atoms with Crippen LogP contribution < -0.4 is 10.6 Å². The lowest BCUT2D eigenvalue weighted by Crippen LogP contribution is -2.45. The van der Waals surface area contributed by atoms with Crippen LogP contribution in [0.3, 0.4) is 0 Å². The second-order valence-electron chi connectivity index (χ2n) is 5.52. The van der Waals surface area contributed by atoms with Crippen LogP contribution in [0.5, 0.6) is 0 Å². The first-order valence-electron chi connectivity index (χ1n) is 7.01. The summed E-state index contributed by atoms with van der Waals surface area (Å²) in [5.74, 6) is 0. The van der Waals surface area contributed by atoms with Gasteiger partial charge in [-0.15, -0.1) is 0 Å². The molecule has 1 saturated heterocycles. The van der Waals surface area contributed by atoms with Gasteiger partial charge in [0.1, 0.15) is 0 Å². The molecule has 3 nitrogen and oxygen atoms in total. The van der Waals surface area contributed by atoms with E-state index in [1.165, 1.54) is 28.6 Å². The number of nitrogens with zero attached hydrogens (tertiary/aromatic N) is 2. The molecule has 0 aliphatic carbocycles. The van der Waals surface area contributed by atoms with Crippen LogP contribution in [0.2, 0.25) is 0 Å². The fourth-order valence-electron chi connectivity index (χ4n) is 2.70. The first kappa shape index (κ1) is 14.8. The van der Waals surface area contributed by atoms with Gasteiger partial charge < -0.3 is 15.5 Å². The monoisotopic (exact) mass is 325 g/mol. The van der Waals surface area contributed by atoms with E-state index in [4.69, 9.17) is 5.73 Å². The molecule has 1 atom stereocenters. The number of hydrogen-bond donors (Lipinski definition) is 1. The summed E-state index contributed by atoms with van der Waals surface area (Å²) in [4.78, 5) is 4.83. The van der Waals surface area contributed by atoms with Gasteiger partial charge in [0, 0.05) is 29.3 Å². The molecule has 1 aromatic carbocycles. The Labute approximate surface area is 124 Å². The zero-order valence-corrected chi connectivity index (χ0v) is 13.5. The molecule has 2 N–H and O–H groups in total.